The third kappa shape index (κ3) is 1.62. The molecule has 0 bridgehead atoms. The molecule has 1 unspecified atom stereocenters. The van der Waals surface area contributed by atoms with Gasteiger partial charge in [0.05, 0.1) is 23.5 Å². The molecule has 2 aromatic heterocycles. The Morgan fingerprint density at radius 2 is 2.28 bits per heavy atom. The summed E-state index contributed by atoms with van der Waals surface area (Å²) in [6.07, 6.45) is 4.28. The van der Waals surface area contributed by atoms with E-state index in [2.05, 4.69) is 10.3 Å². The lowest BCUT2D eigenvalue weighted by Crippen LogP contribution is -2.39. The zero-order chi connectivity index (χ0) is 12.7. The number of amides is 2. The monoisotopic (exact) mass is 244 g/mol. The number of imide groups is 1. The van der Waals surface area contributed by atoms with Gasteiger partial charge in [-0.05, 0) is 18.6 Å². The van der Waals surface area contributed by atoms with E-state index in [-0.39, 0.29) is 17.7 Å². The molecule has 3 N–H and O–H groups in total. The number of aromatic nitrogens is 2. The zero-order valence-electron chi connectivity index (χ0n) is 9.59. The SMILES string of the molecule is Nc1ccn2cnc(C3CCC(=O)NC3=O)c2c1. The van der Waals surface area contributed by atoms with Gasteiger partial charge in [-0.1, -0.05) is 0 Å². The minimum absolute atomic E-state index is 0.223. The van der Waals surface area contributed by atoms with Crippen molar-refractivity contribution in [3.8, 4) is 0 Å². The van der Waals surface area contributed by atoms with Crippen LogP contribution in [0, 0.1) is 0 Å². The molecular weight excluding hydrogens is 232 g/mol. The number of fused-ring (bicyclic) bond motifs is 1. The van der Waals surface area contributed by atoms with Gasteiger partial charge in [0.15, 0.2) is 0 Å². The number of hydrogen-bond acceptors (Lipinski definition) is 4. The number of anilines is 1. The zero-order valence-corrected chi connectivity index (χ0v) is 9.59. The number of carbonyl (C=O) groups is 2. The van der Waals surface area contributed by atoms with E-state index >= 15 is 0 Å². The Kier molecular flexibility index (Phi) is 2.29. The van der Waals surface area contributed by atoms with Crippen molar-refractivity contribution in [2.75, 3.05) is 5.73 Å². The standard InChI is InChI=1S/C12H12N4O2/c13-7-3-4-16-6-14-11(9(16)5-7)8-1-2-10(17)15-12(8)18/h3-6,8H,1-2,13H2,(H,15,17,18). The fourth-order valence-electron chi connectivity index (χ4n) is 2.25. The molecule has 1 aliphatic heterocycles. The van der Waals surface area contributed by atoms with Crippen molar-refractivity contribution < 1.29 is 9.59 Å². The summed E-state index contributed by atoms with van der Waals surface area (Å²) in [5.41, 5.74) is 7.85. The summed E-state index contributed by atoms with van der Waals surface area (Å²) in [5.74, 6) is -0.886. The Labute approximate surface area is 103 Å². The molecule has 0 aliphatic carbocycles. The first-order valence-electron chi connectivity index (χ1n) is 5.71. The molecule has 1 atom stereocenters. The molecule has 6 heteroatoms. The van der Waals surface area contributed by atoms with Crippen molar-refractivity contribution in [3.63, 3.8) is 0 Å². The van der Waals surface area contributed by atoms with Gasteiger partial charge in [0.2, 0.25) is 11.8 Å². The van der Waals surface area contributed by atoms with Crippen molar-refractivity contribution in [1.82, 2.24) is 14.7 Å². The number of pyridine rings is 1. The van der Waals surface area contributed by atoms with Crippen LogP contribution in [0.3, 0.4) is 0 Å². The molecule has 6 nitrogen and oxygen atoms in total. The maximum absolute atomic E-state index is 11.8. The Hall–Kier alpha value is -2.37. The number of carbonyl (C=O) groups excluding carboxylic acids is 2. The second-order valence-corrected chi connectivity index (χ2v) is 4.39. The topological polar surface area (TPSA) is 89.5 Å². The Morgan fingerprint density at radius 1 is 1.44 bits per heavy atom. The molecule has 0 aromatic carbocycles. The highest BCUT2D eigenvalue weighted by Gasteiger charge is 2.30. The van der Waals surface area contributed by atoms with E-state index in [0.29, 0.717) is 24.2 Å². The number of nitrogens with one attached hydrogen (secondary N) is 1. The molecule has 1 fully saturated rings. The Morgan fingerprint density at radius 3 is 3.06 bits per heavy atom. The number of nitrogens with zero attached hydrogens (tertiary/aromatic N) is 2. The smallest absolute Gasteiger partial charge is 0.235 e. The van der Waals surface area contributed by atoms with Crippen LogP contribution < -0.4 is 11.1 Å². The minimum atomic E-state index is -0.380. The first kappa shape index (κ1) is 10.8. The van der Waals surface area contributed by atoms with Gasteiger partial charge in [0.25, 0.3) is 0 Å². The first-order valence-corrected chi connectivity index (χ1v) is 5.71. The van der Waals surface area contributed by atoms with Crippen molar-refractivity contribution in [3.05, 3.63) is 30.4 Å². The van der Waals surface area contributed by atoms with Crippen LogP contribution in [0.1, 0.15) is 24.5 Å². The van der Waals surface area contributed by atoms with Gasteiger partial charge in [0.1, 0.15) is 0 Å². The van der Waals surface area contributed by atoms with Crippen LogP contribution in [0.15, 0.2) is 24.7 Å². The molecule has 3 rings (SSSR count). The predicted molar refractivity (Wildman–Crippen MR) is 64.7 cm³/mol. The summed E-state index contributed by atoms with van der Waals surface area (Å²) >= 11 is 0. The van der Waals surface area contributed by atoms with Gasteiger partial charge >= 0.3 is 0 Å². The van der Waals surface area contributed by atoms with Crippen LogP contribution in [0.25, 0.3) is 5.52 Å². The number of nitrogen functional groups attached to an aromatic ring is 1. The van der Waals surface area contributed by atoms with Gasteiger partial charge < -0.3 is 10.1 Å². The molecule has 2 amide bonds. The lowest BCUT2D eigenvalue weighted by molar-refractivity contribution is -0.134. The van der Waals surface area contributed by atoms with Crippen LogP contribution >= 0.6 is 0 Å². The van der Waals surface area contributed by atoms with E-state index in [1.54, 1.807) is 24.7 Å². The van der Waals surface area contributed by atoms with Crippen molar-refractivity contribution >= 4 is 23.0 Å². The molecule has 0 radical (unpaired) electrons. The van der Waals surface area contributed by atoms with E-state index in [9.17, 15) is 9.59 Å². The summed E-state index contributed by atoms with van der Waals surface area (Å²) in [5, 5.41) is 2.34. The molecule has 0 saturated carbocycles. The normalized spacial score (nSPS) is 20.1. The van der Waals surface area contributed by atoms with Gasteiger partial charge in [0, 0.05) is 18.3 Å². The molecule has 92 valence electrons. The number of piperidine rings is 1. The fraction of sp³-hybridized carbons (Fsp3) is 0.250. The van der Waals surface area contributed by atoms with E-state index in [0.717, 1.165) is 5.52 Å². The second-order valence-electron chi connectivity index (χ2n) is 4.39. The third-order valence-electron chi connectivity index (χ3n) is 3.16. The van der Waals surface area contributed by atoms with Gasteiger partial charge in [-0.2, -0.15) is 0 Å². The van der Waals surface area contributed by atoms with Gasteiger partial charge in [-0.15, -0.1) is 0 Å². The molecular formula is C12H12N4O2. The first-order chi connectivity index (χ1) is 8.65. The average Bonchev–Trinajstić information content (AvgIpc) is 2.72. The fourth-order valence-corrected chi connectivity index (χ4v) is 2.25. The third-order valence-corrected chi connectivity index (χ3v) is 3.16. The van der Waals surface area contributed by atoms with Crippen molar-refractivity contribution in [2.24, 2.45) is 0 Å². The molecule has 1 saturated heterocycles. The lowest BCUT2D eigenvalue weighted by atomic mass is 9.94. The Bertz CT molecular complexity index is 647. The van der Waals surface area contributed by atoms with Crippen LogP contribution in [-0.2, 0) is 9.59 Å². The molecule has 1 aliphatic rings. The second kappa shape index (κ2) is 3.83. The van der Waals surface area contributed by atoms with Crippen LogP contribution in [0.4, 0.5) is 5.69 Å². The summed E-state index contributed by atoms with van der Waals surface area (Å²) in [4.78, 5) is 27.2. The Balaban J connectivity index is 2.06. The largest absolute Gasteiger partial charge is 0.399 e. The molecule has 18 heavy (non-hydrogen) atoms. The van der Waals surface area contributed by atoms with Crippen molar-refractivity contribution in [1.29, 1.82) is 0 Å². The maximum atomic E-state index is 11.8. The predicted octanol–water partition coefficient (Wildman–Crippen LogP) is 0.437. The highest BCUT2D eigenvalue weighted by atomic mass is 16.2. The van der Waals surface area contributed by atoms with Crippen LogP contribution in [0.5, 0.6) is 0 Å². The van der Waals surface area contributed by atoms with Crippen LogP contribution in [-0.4, -0.2) is 21.2 Å². The summed E-state index contributed by atoms with van der Waals surface area (Å²) in [6, 6.07) is 3.55. The number of rotatable bonds is 1. The molecule has 0 spiro atoms. The van der Waals surface area contributed by atoms with E-state index < -0.39 is 0 Å². The van der Waals surface area contributed by atoms with E-state index in [4.69, 9.17) is 5.73 Å². The summed E-state index contributed by atoms with van der Waals surface area (Å²) in [7, 11) is 0. The van der Waals surface area contributed by atoms with E-state index in [1.165, 1.54) is 0 Å². The van der Waals surface area contributed by atoms with Crippen molar-refractivity contribution in [2.45, 2.75) is 18.8 Å². The summed E-state index contributed by atoms with van der Waals surface area (Å²) < 4.78 is 1.81. The highest BCUT2D eigenvalue weighted by Crippen LogP contribution is 2.27. The van der Waals surface area contributed by atoms with E-state index in [1.807, 2.05) is 4.40 Å². The quantitative estimate of drug-likeness (QED) is 0.712. The molecule has 3 heterocycles. The maximum Gasteiger partial charge on any atom is 0.235 e. The highest BCUT2D eigenvalue weighted by molar-refractivity contribution is 6.01. The number of hydrogen-bond donors (Lipinski definition) is 2. The average molecular weight is 244 g/mol. The summed E-state index contributed by atoms with van der Waals surface area (Å²) in [6.45, 7) is 0. The van der Waals surface area contributed by atoms with Crippen LogP contribution in [0.2, 0.25) is 0 Å². The molecule has 2 aromatic rings. The van der Waals surface area contributed by atoms with Gasteiger partial charge in [-0.25, -0.2) is 4.98 Å². The number of imidazole rings is 1. The minimum Gasteiger partial charge on any atom is -0.399 e. The number of nitrogens with two attached hydrogens (primary N) is 1. The lowest BCUT2D eigenvalue weighted by Gasteiger charge is -2.19. The van der Waals surface area contributed by atoms with Gasteiger partial charge in [-0.3, -0.25) is 14.9 Å².